The first-order valence-electron chi connectivity index (χ1n) is 15.5. The summed E-state index contributed by atoms with van der Waals surface area (Å²) >= 11 is -0.491. The average Bonchev–Trinajstić information content (AvgIpc) is 2.89. The summed E-state index contributed by atoms with van der Waals surface area (Å²) in [6, 6.07) is 0. The van der Waals surface area contributed by atoms with Crippen molar-refractivity contribution in [3.8, 4) is 0 Å². The molecular formula is C30H60O4S2Sn. The van der Waals surface area contributed by atoms with E-state index in [0.717, 1.165) is 58.9 Å². The van der Waals surface area contributed by atoms with E-state index in [1.54, 1.807) is 23.5 Å². The van der Waals surface area contributed by atoms with E-state index in [0.29, 0.717) is 0 Å². The molecule has 0 aromatic carbocycles. The van der Waals surface area contributed by atoms with Gasteiger partial charge in [-0.15, -0.1) is 0 Å². The predicted octanol–water partition coefficient (Wildman–Crippen LogP) is 10.1. The van der Waals surface area contributed by atoms with Gasteiger partial charge in [-0.2, -0.15) is 0 Å². The summed E-state index contributed by atoms with van der Waals surface area (Å²) in [5.74, 6) is 1.67. The number of hydrogen-bond donors (Lipinski definition) is 0. The first-order valence-corrected chi connectivity index (χ1v) is 24.0. The Bertz CT molecular complexity index is 514. The van der Waals surface area contributed by atoms with Crippen LogP contribution in [0.1, 0.15) is 144 Å². The van der Waals surface area contributed by atoms with Gasteiger partial charge in [-0.3, -0.25) is 0 Å². The standard InChI is InChI=1S/2C11H22O2S.2C4H9.Sn/c2*1-3-4-5-6-7-8-9-14-10(2)11(12)13;2*1-3-4-2;/h2*10H,3-9H2,1-2H3,(H,12,13);2*1,3-4H2,2H3;/q;;;;+2/p-2. The minimum atomic E-state index is -3.88. The molecule has 0 bridgehead atoms. The van der Waals surface area contributed by atoms with Crippen LogP contribution in [0.15, 0.2) is 0 Å². The third kappa shape index (κ3) is 20.0. The average molecular weight is 668 g/mol. The maximum atomic E-state index is 13.2. The number of rotatable bonds is 26. The second-order valence-corrected chi connectivity index (χ2v) is 22.6. The van der Waals surface area contributed by atoms with E-state index in [1.807, 2.05) is 13.8 Å². The molecule has 0 amide bonds. The molecule has 7 heteroatoms. The van der Waals surface area contributed by atoms with E-state index in [4.69, 9.17) is 6.15 Å². The molecule has 0 N–H and O–H groups in total. The molecule has 0 saturated carbocycles. The SMILES string of the molecule is CCCCCCCCSC(C)C(=O)[O][Sn]([CH2]CCC)([CH2]CCC)[O]C(=O)C(C)SCCCCCCCC. The van der Waals surface area contributed by atoms with Crippen LogP contribution in [-0.2, 0) is 15.7 Å². The van der Waals surface area contributed by atoms with Crippen LogP contribution in [0, 0.1) is 0 Å². The predicted molar refractivity (Wildman–Crippen MR) is 168 cm³/mol. The Hall–Kier alpha value is 0.439. The molecule has 0 fully saturated rings. The van der Waals surface area contributed by atoms with Crippen LogP contribution in [0.25, 0.3) is 0 Å². The van der Waals surface area contributed by atoms with Gasteiger partial charge in [0, 0.05) is 0 Å². The van der Waals surface area contributed by atoms with Crippen LogP contribution in [0.3, 0.4) is 0 Å². The molecule has 4 nitrogen and oxygen atoms in total. The summed E-state index contributed by atoms with van der Waals surface area (Å²) in [4.78, 5) is 26.3. The molecule has 0 aliphatic rings. The van der Waals surface area contributed by atoms with Gasteiger partial charge in [-0.25, -0.2) is 0 Å². The molecule has 0 saturated heterocycles. The molecule has 37 heavy (non-hydrogen) atoms. The molecular weight excluding hydrogens is 607 g/mol. The van der Waals surface area contributed by atoms with Crippen LogP contribution in [0.4, 0.5) is 0 Å². The summed E-state index contributed by atoms with van der Waals surface area (Å²) in [5.41, 5.74) is 0. The molecule has 0 aliphatic carbocycles. The maximum absolute atomic E-state index is 13.2. The molecule has 0 rings (SSSR count). The Kier molecular flexibility index (Phi) is 25.7. The fourth-order valence-electron chi connectivity index (χ4n) is 4.20. The normalized spacial score (nSPS) is 13.4. The summed E-state index contributed by atoms with van der Waals surface area (Å²) in [6.07, 6.45) is 19.1. The molecule has 2 unspecified atom stereocenters. The Balaban J connectivity index is 4.91. The molecule has 0 radical (unpaired) electrons. The van der Waals surface area contributed by atoms with Crippen molar-refractivity contribution >= 4 is 54.7 Å². The molecule has 0 heterocycles. The van der Waals surface area contributed by atoms with Gasteiger partial charge < -0.3 is 0 Å². The van der Waals surface area contributed by atoms with Crippen molar-refractivity contribution in [3.05, 3.63) is 0 Å². The van der Waals surface area contributed by atoms with Crippen LogP contribution < -0.4 is 0 Å². The van der Waals surface area contributed by atoms with E-state index < -0.39 is 19.2 Å². The van der Waals surface area contributed by atoms with E-state index in [2.05, 4.69) is 27.7 Å². The van der Waals surface area contributed by atoms with Crippen molar-refractivity contribution in [1.29, 1.82) is 0 Å². The summed E-state index contributed by atoms with van der Waals surface area (Å²) in [7, 11) is 0. The van der Waals surface area contributed by atoms with E-state index in [1.165, 1.54) is 64.2 Å². The van der Waals surface area contributed by atoms with Crippen LogP contribution in [0.2, 0.25) is 8.87 Å². The fourth-order valence-corrected chi connectivity index (χ4v) is 16.7. The second-order valence-electron chi connectivity index (χ2n) is 10.5. The van der Waals surface area contributed by atoms with Gasteiger partial charge in [-0.05, 0) is 0 Å². The summed E-state index contributed by atoms with van der Waals surface area (Å²) in [6.45, 7) is 12.7. The minimum absolute atomic E-state index is 0.154. The van der Waals surface area contributed by atoms with Crippen LogP contribution in [-0.4, -0.2) is 53.1 Å². The van der Waals surface area contributed by atoms with Gasteiger partial charge in [0.25, 0.3) is 0 Å². The van der Waals surface area contributed by atoms with Gasteiger partial charge in [-0.1, -0.05) is 0 Å². The molecule has 220 valence electrons. The summed E-state index contributed by atoms with van der Waals surface area (Å²) < 4.78 is 14.2. The van der Waals surface area contributed by atoms with Gasteiger partial charge in [0.2, 0.25) is 0 Å². The molecule has 0 aromatic rings. The monoisotopic (exact) mass is 668 g/mol. The van der Waals surface area contributed by atoms with E-state index in [-0.39, 0.29) is 22.4 Å². The van der Waals surface area contributed by atoms with Crippen molar-refractivity contribution in [2.45, 2.75) is 164 Å². The van der Waals surface area contributed by atoms with Gasteiger partial charge in [0.05, 0.1) is 0 Å². The third-order valence-electron chi connectivity index (χ3n) is 6.79. The van der Waals surface area contributed by atoms with Crippen molar-refractivity contribution < 1.29 is 15.7 Å². The Labute approximate surface area is 244 Å². The number of carbonyl (C=O) groups excluding carboxylic acids is 2. The van der Waals surface area contributed by atoms with Crippen LogP contribution in [0.5, 0.6) is 0 Å². The number of unbranched alkanes of at least 4 members (excludes halogenated alkanes) is 12. The Morgan fingerprint density at radius 3 is 1.22 bits per heavy atom. The topological polar surface area (TPSA) is 52.6 Å². The van der Waals surface area contributed by atoms with Gasteiger partial charge in [0.1, 0.15) is 0 Å². The zero-order chi connectivity index (χ0) is 27.8. The van der Waals surface area contributed by atoms with Gasteiger partial charge >= 0.3 is 246 Å². The van der Waals surface area contributed by atoms with E-state index in [9.17, 15) is 9.59 Å². The number of thioether (sulfide) groups is 2. The van der Waals surface area contributed by atoms with Crippen molar-refractivity contribution in [1.82, 2.24) is 0 Å². The first kappa shape index (κ1) is 37.4. The number of hydrogen-bond acceptors (Lipinski definition) is 6. The Morgan fingerprint density at radius 1 is 0.541 bits per heavy atom. The third-order valence-corrected chi connectivity index (χ3v) is 18.9. The van der Waals surface area contributed by atoms with Crippen molar-refractivity contribution in [2.24, 2.45) is 0 Å². The molecule has 0 aliphatic heterocycles. The summed E-state index contributed by atoms with van der Waals surface area (Å²) in [5, 5.41) is -0.402. The van der Waals surface area contributed by atoms with E-state index >= 15 is 0 Å². The Morgan fingerprint density at radius 2 is 0.865 bits per heavy atom. The first-order chi connectivity index (χ1) is 17.9. The van der Waals surface area contributed by atoms with Crippen molar-refractivity contribution in [2.75, 3.05) is 11.5 Å². The van der Waals surface area contributed by atoms with Crippen LogP contribution >= 0.6 is 23.5 Å². The van der Waals surface area contributed by atoms with Gasteiger partial charge in [0.15, 0.2) is 0 Å². The second kappa shape index (κ2) is 25.4. The molecule has 0 aromatic heterocycles. The zero-order valence-corrected chi connectivity index (χ0v) is 29.7. The molecule has 0 spiro atoms. The number of carbonyl (C=O) groups is 2. The quantitative estimate of drug-likeness (QED) is 0.0676. The molecule has 2 atom stereocenters. The fraction of sp³-hybridized carbons (Fsp3) is 0.933. The van der Waals surface area contributed by atoms with Crippen molar-refractivity contribution in [3.63, 3.8) is 0 Å². The zero-order valence-electron chi connectivity index (χ0n) is 25.2.